The molecule has 0 amide bonds. The highest BCUT2D eigenvalue weighted by Gasteiger charge is 2.22. The zero-order valence-electron chi connectivity index (χ0n) is 12.2. The molecule has 0 heterocycles. The van der Waals surface area contributed by atoms with Crippen LogP contribution in [-0.4, -0.2) is 17.7 Å². The Hall–Kier alpha value is -2.10. The Labute approximate surface area is 134 Å². The van der Waals surface area contributed by atoms with Crippen LogP contribution in [0.4, 0.5) is 0 Å². The summed E-state index contributed by atoms with van der Waals surface area (Å²) in [5.41, 5.74) is 1.43. The Morgan fingerprint density at radius 2 is 1.82 bits per heavy atom. The Balaban J connectivity index is 2.43. The van der Waals surface area contributed by atoms with E-state index < -0.39 is 12.1 Å². The summed E-state index contributed by atoms with van der Waals surface area (Å²) in [6.45, 7) is 1.96. The number of aliphatic hydroxyl groups excluding tert-OH is 1. The number of aliphatic hydroxyl groups is 1. The standard InChI is InChI=1S/C18H17ClO3/c1-2-22-18(21)15(12-14-10-6-7-11-16(14)19)17(20)13-8-4-3-5-9-13/h3-12,17,20H,2H2,1H3/b15-12+. The molecule has 1 N–H and O–H groups in total. The lowest BCUT2D eigenvalue weighted by Crippen LogP contribution is -2.14. The van der Waals surface area contributed by atoms with E-state index >= 15 is 0 Å². The third kappa shape index (κ3) is 3.97. The summed E-state index contributed by atoms with van der Waals surface area (Å²) < 4.78 is 5.05. The van der Waals surface area contributed by atoms with Crippen LogP contribution < -0.4 is 0 Å². The molecule has 1 atom stereocenters. The molecular weight excluding hydrogens is 300 g/mol. The van der Waals surface area contributed by atoms with Gasteiger partial charge in [0, 0.05) is 5.02 Å². The molecule has 0 aliphatic rings. The largest absolute Gasteiger partial charge is 0.463 e. The lowest BCUT2D eigenvalue weighted by atomic mass is 9.99. The summed E-state index contributed by atoms with van der Waals surface area (Å²) in [7, 11) is 0. The molecule has 1 unspecified atom stereocenters. The minimum absolute atomic E-state index is 0.154. The maximum Gasteiger partial charge on any atom is 0.337 e. The molecule has 2 aromatic rings. The second kappa shape index (κ2) is 7.78. The molecule has 114 valence electrons. The van der Waals surface area contributed by atoms with Crippen molar-refractivity contribution in [2.45, 2.75) is 13.0 Å². The molecule has 3 nitrogen and oxygen atoms in total. The number of esters is 1. The van der Waals surface area contributed by atoms with Gasteiger partial charge in [-0.25, -0.2) is 4.79 Å². The van der Waals surface area contributed by atoms with Crippen molar-refractivity contribution in [2.24, 2.45) is 0 Å². The SMILES string of the molecule is CCOC(=O)/C(=C/c1ccccc1Cl)C(O)c1ccccc1. The summed E-state index contributed by atoms with van der Waals surface area (Å²) in [6, 6.07) is 16.1. The number of carbonyl (C=O) groups is 1. The van der Waals surface area contributed by atoms with E-state index in [-0.39, 0.29) is 12.2 Å². The quantitative estimate of drug-likeness (QED) is 0.669. The van der Waals surface area contributed by atoms with E-state index in [1.54, 1.807) is 55.5 Å². The first-order valence-corrected chi connectivity index (χ1v) is 7.37. The summed E-state index contributed by atoms with van der Waals surface area (Å²) in [5, 5.41) is 11.0. The Bertz CT molecular complexity index is 665. The maximum absolute atomic E-state index is 12.2. The first kappa shape index (κ1) is 16.3. The van der Waals surface area contributed by atoms with Gasteiger partial charge in [-0.15, -0.1) is 0 Å². The molecule has 0 radical (unpaired) electrons. The highest BCUT2D eigenvalue weighted by molar-refractivity contribution is 6.32. The van der Waals surface area contributed by atoms with Gasteiger partial charge in [-0.05, 0) is 30.2 Å². The van der Waals surface area contributed by atoms with Crippen molar-refractivity contribution in [2.75, 3.05) is 6.61 Å². The fourth-order valence-corrected chi connectivity index (χ4v) is 2.23. The molecule has 0 saturated carbocycles. The van der Waals surface area contributed by atoms with Crippen LogP contribution in [0.25, 0.3) is 6.08 Å². The normalized spacial score (nSPS) is 12.8. The van der Waals surface area contributed by atoms with E-state index in [1.807, 2.05) is 12.1 Å². The third-order valence-corrected chi connectivity index (χ3v) is 3.48. The lowest BCUT2D eigenvalue weighted by molar-refractivity contribution is -0.139. The second-order valence-corrected chi connectivity index (χ2v) is 5.06. The van der Waals surface area contributed by atoms with Crippen LogP contribution in [0.15, 0.2) is 60.2 Å². The van der Waals surface area contributed by atoms with Crippen LogP contribution in [-0.2, 0) is 9.53 Å². The molecular formula is C18H17ClO3. The number of hydrogen-bond donors (Lipinski definition) is 1. The summed E-state index contributed by atoms with van der Waals surface area (Å²) in [5.74, 6) is -0.557. The fourth-order valence-electron chi connectivity index (χ4n) is 2.04. The van der Waals surface area contributed by atoms with Crippen LogP contribution in [0.2, 0.25) is 5.02 Å². The van der Waals surface area contributed by atoms with Crippen molar-refractivity contribution >= 4 is 23.6 Å². The minimum Gasteiger partial charge on any atom is -0.463 e. The Morgan fingerprint density at radius 3 is 2.45 bits per heavy atom. The van der Waals surface area contributed by atoms with E-state index in [4.69, 9.17) is 16.3 Å². The lowest BCUT2D eigenvalue weighted by Gasteiger charge is -2.15. The van der Waals surface area contributed by atoms with E-state index in [1.165, 1.54) is 0 Å². The van der Waals surface area contributed by atoms with E-state index in [9.17, 15) is 9.90 Å². The van der Waals surface area contributed by atoms with Gasteiger partial charge >= 0.3 is 5.97 Å². The van der Waals surface area contributed by atoms with Crippen molar-refractivity contribution in [1.82, 2.24) is 0 Å². The summed E-state index contributed by atoms with van der Waals surface area (Å²) in [4.78, 5) is 12.2. The first-order chi connectivity index (χ1) is 10.6. The fraction of sp³-hybridized carbons (Fsp3) is 0.167. The number of hydrogen-bond acceptors (Lipinski definition) is 3. The van der Waals surface area contributed by atoms with Crippen LogP contribution >= 0.6 is 11.6 Å². The van der Waals surface area contributed by atoms with Crippen molar-refractivity contribution < 1.29 is 14.6 Å². The zero-order valence-corrected chi connectivity index (χ0v) is 13.0. The smallest absolute Gasteiger partial charge is 0.337 e. The van der Waals surface area contributed by atoms with Gasteiger partial charge in [-0.2, -0.15) is 0 Å². The first-order valence-electron chi connectivity index (χ1n) is 6.99. The summed E-state index contributed by atoms with van der Waals surface area (Å²) in [6.07, 6.45) is 0.495. The molecule has 0 aromatic heterocycles. The Morgan fingerprint density at radius 1 is 1.18 bits per heavy atom. The van der Waals surface area contributed by atoms with Gasteiger partial charge in [0.2, 0.25) is 0 Å². The zero-order chi connectivity index (χ0) is 15.9. The average molecular weight is 317 g/mol. The van der Waals surface area contributed by atoms with Gasteiger partial charge < -0.3 is 9.84 Å². The van der Waals surface area contributed by atoms with Gasteiger partial charge in [0.25, 0.3) is 0 Å². The molecule has 0 spiro atoms. The van der Waals surface area contributed by atoms with Crippen LogP contribution in [0, 0.1) is 0 Å². The maximum atomic E-state index is 12.2. The number of benzene rings is 2. The third-order valence-electron chi connectivity index (χ3n) is 3.14. The topological polar surface area (TPSA) is 46.5 Å². The van der Waals surface area contributed by atoms with Crippen LogP contribution in [0.1, 0.15) is 24.2 Å². The molecule has 22 heavy (non-hydrogen) atoms. The summed E-state index contributed by atoms with van der Waals surface area (Å²) >= 11 is 6.12. The van der Waals surface area contributed by atoms with Gasteiger partial charge in [0.15, 0.2) is 0 Å². The highest BCUT2D eigenvalue weighted by Crippen LogP contribution is 2.27. The van der Waals surface area contributed by atoms with E-state index in [0.29, 0.717) is 16.1 Å². The van der Waals surface area contributed by atoms with Crippen molar-refractivity contribution in [3.05, 3.63) is 76.3 Å². The molecule has 0 saturated heterocycles. The van der Waals surface area contributed by atoms with Gasteiger partial charge in [0.05, 0.1) is 12.2 Å². The second-order valence-electron chi connectivity index (χ2n) is 4.65. The number of ether oxygens (including phenoxy) is 1. The number of halogens is 1. The van der Waals surface area contributed by atoms with Crippen LogP contribution in [0.5, 0.6) is 0 Å². The van der Waals surface area contributed by atoms with Crippen LogP contribution in [0.3, 0.4) is 0 Å². The predicted octanol–water partition coefficient (Wildman–Crippen LogP) is 4.02. The van der Waals surface area contributed by atoms with Gasteiger partial charge in [0.1, 0.15) is 6.10 Å². The molecule has 4 heteroatoms. The number of carbonyl (C=O) groups excluding carboxylic acids is 1. The molecule has 0 fully saturated rings. The van der Waals surface area contributed by atoms with E-state index in [2.05, 4.69) is 0 Å². The van der Waals surface area contributed by atoms with Gasteiger partial charge in [-0.1, -0.05) is 60.1 Å². The van der Waals surface area contributed by atoms with Crippen molar-refractivity contribution in [3.8, 4) is 0 Å². The van der Waals surface area contributed by atoms with Crippen molar-refractivity contribution in [3.63, 3.8) is 0 Å². The highest BCUT2D eigenvalue weighted by atomic mass is 35.5. The molecule has 2 rings (SSSR count). The minimum atomic E-state index is -1.07. The van der Waals surface area contributed by atoms with Crippen molar-refractivity contribution in [1.29, 1.82) is 0 Å². The monoisotopic (exact) mass is 316 g/mol. The predicted molar refractivity (Wildman–Crippen MR) is 87.5 cm³/mol. The Kier molecular flexibility index (Phi) is 5.75. The number of rotatable bonds is 5. The molecule has 0 aliphatic carbocycles. The molecule has 0 bridgehead atoms. The molecule has 2 aromatic carbocycles. The van der Waals surface area contributed by atoms with E-state index in [0.717, 1.165) is 0 Å². The average Bonchev–Trinajstić information content (AvgIpc) is 2.54. The van der Waals surface area contributed by atoms with Gasteiger partial charge in [-0.3, -0.25) is 0 Å². The molecule has 0 aliphatic heterocycles.